The van der Waals surface area contributed by atoms with Gasteiger partial charge in [0.1, 0.15) is 0 Å². The molecule has 0 aliphatic carbocycles. The molecule has 2 aromatic heterocycles. The molecule has 0 fully saturated rings. The number of hydrogen-bond donors (Lipinski definition) is 1. The van der Waals surface area contributed by atoms with Gasteiger partial charge < -0.3 is 5.32 Å². The molecule has 0 aromatic carbocycles. The highest BCUT2D eigenvalue weighted by atomic mass is 32.1. The van der Waals surface area contributed by atoms with Crippen LogP contribution in [0.4, 0.5) is 5.13 Å². The van der Waals surface area contributed by atoms with Gasteiger partial charge in [0.15, 0.2) is 5.13 Å². The van der Waals surface area contributed by atoms with Crippen LogP contribution in [-0.2, 0) is 0 Å². The second kappa shape index (κ2) is 4.84. The summed E-state index contributed by atoms with van der Waals surface area (Å²) in [6.45, 7) is 8.25. The minimum Gasteiger partial charge on any atom is -0.359 e. The fourth-order valence-electron chi connectivity index (χ4n) is 1.67. The van der Waals surface area contributed by atoms with Gasteiger partial charge in [-0.1, -0.05) is 0 Å². The van der Waals surface area contributed by atoms with E-state index in [0.29, 0.717) is 6.04 Å². The van der Waals surface area contributed by atoms with Gasteiger partial charge in [-0.3, -0.25) is 4.98 Å². The first kappa shape index (κ1) is 12.0. The van der Waals surface area contributed by atoms with Gasteiger partial charge in [-0.15, -0.1) is 11.3 Å². The van der Waals surface area contributed by atoms with Crippen LogP contribution >= 0.6 is 11.3 Å². The van der Waals surface area contributed by atoms with Crippen LogP contribution in [0.5, 0.6) is 0 Å². The largest absolute Gasteiger partial charge is 0.359 e. The van der Waals surface area contributed by atoms with Crippen LogP contribution in [0, 0.1) is 13.8 Å². The lowest BCUT2D eigenvalue weighted by molar-refractivity contribution is 0.896. The van der Waals surface area contributed by atoms with Crippen LogP contribution < -0.4 is 5.32 Å². The molecular formula is C13H17N3S. The quantitative estimate of drug-likeness (QED) is 0.899. The van der Waals surface area contributed by atoms with Crippen LogP contribution in [0.3, 0.4) is 0 Å². The Labute approximate surface area is 106 Å². The van der Waals surface area contributed by atoms with Crippen LogP contribution in [0.15, 0.2) is 17.5 Å². The van der Waals surface area contributed by atoms with Crippen molar-refractivity contribution in [3.05, 3.63) is 28.9 Å². The van der Waals surface area contributed by atoms with E-state index in [1.807, 2.05) is 19.9 Å². The fraction of sp³-hybridized carbons (Fsp3) is 0.385. The summed E-state index contributed by atoms with van der Waals surface area (Å²) in [5.41, 5.74) is 4.19. The molecule has 0 atom stereocenters. The summed E-state index contributed by atoms with van der Waals surface area (Å²) in [4.78, 5) is 9.04. The molecular weight excluding hydrogens is 230 g/mol. The predicted octanol–water partition coefficient (Wildman–Crippen LogP) is 3.64. The van der Waals surface area contributed by atoms with Crippen molar-refractivity contribution >= 4 is 16.5 Å². The Bertz CT molecular complexity index is 517. The second-order valence-corrected chi connectivity index (χ2v) is 5.28. The highest BCUT2D eigenvalue weighted by molar-refractivity contribution is 7.14. The third kappa shape index (κ3) is 2.82. The van der Waals surface area contributed by atoms with Gasteiger partial charge in [-0.2, -0.15) is 0 Å². The molecule has 2 rings (SSSR count). The van der Waals surface area contributed by atoms with Crippen molar-refractivity contribution in [2.24, 2.45) is 0 Å². The number of nitrogens with one attached hydrogen (secondary N) is 1. The van der Waals surface area contributed by atoms with Gasteiger partial charge in [0.2, 0.25) is 0 Å². The van der Waals surface area contributed by atoms with Gasteiger partial charge in [0, 0.05) is 28.4 Å². The second-order valence-electron chi connectivity index (χ2n) is 4.42. The summed E-state index contributed by atoms with van der Waals surface area (Å²) in [6, 6.07) is 4.52. The van der Waals surface area contributed by atoms with Crippen molar-refractivity contribution in [2.75, 3.05) is 5.32 Å². The first-order valence-electron chi connectivity index (χ1n) is 5.73. The Morgan fingerprint density at radius 1 is 1.18 bits per heavy atom. The van der Waals surface area contributed by atoms with Gasteiger partial charge in [-0.25, -0.2) is 4.98 Å². The highest BCUT2D eigenvalue weighted by Crippen LogP contribution is 2.27. The smallest absolute Gasteiger partial charge is 0.183 e. The van der Waals surface area contributed by atoms with E-state index in [2.05, 4.69) is 40.6 Å². The van der Waals surface area contributed by atoms with Crippen molar-refractivity contribution < 1.29 is 0 Å². The zero-order valence-corrected chi connectivity index (χ0v) is 11.4. The van der Waals surface area contributed by atoms with Gasteiger partial charge in [0.25, 0.3) is 0 Å². The molecule has 0 saturated heterocycles. The molecule has 0 radical (unpaired) electrons. The maximum absolute atomic E-state index is 4.58. The molecule has 0 saturated carbocycles. The molecule has 0 amide bonds. The summed E-state index contributed by atoms with van der Waals surface area (Å²) in [7, 11) is 0. The van der Waals surface area contributed by atoms with E-state index in [1.54, 1.807) is 11.3 Å². The molecule has 3 nitrogen and oxygen atoms in total. The van der Waals surface area contributed by atoms with Crippen molar-refractivity contribution in [1.29, 1.82) is 0 Å². The average molecular weight is 247 g/mol. The molecule has 1 N–H and O–H groups in total. The molecule has 0 unspecified atom stereocenters. The fourth-order valence-corrected chi connectivity index (χ4v) is 2.53. The zero-order chi connectivity index (χ0) is 12.4. The first-order chi connectivity index (χ1) is 8.06. The number of thiazole rings is 1. The summed E-state index contributed by atoms with van der Waals surface area (Å²) < 4.78 is 0. The average Bonchev–Trinajstić information content (AvgIpc) is 2.65. The van der Waals surface area contributed by atoms with Crippen LogP contribution in [0.25, 0.3) is 11.3 Å². The lowest BCUT2D eigenvalue weighted by atomic mass is 10.1. The highest BCUT2D eigenvalue weighted by Gasteiger charge is 2.08. The van der Waals surface area contributed by atoms with Crippen molar-refractivity contribution in [1.82, 2.24) is 9.97 Å². The standard InChI is InChI=1S/C13H17N3S/c1-8(2)14-13-16-12(7-17-13)11-6-5-9(3)15-10(11)4/h5-8H,1-4H3,(H,14,16). The number of nitrogens with zero attached hydrogens (tertiary/aromatic N) is 2. The Kier molecular flexibility index (Phi) is 3.43. The minimum atomic E-state index is 0.409. The van der Waals surface area contributed by atoms with E-state index >= 15 is 0 Å². The van der Waals surface area contributed by atoms with Crippen LogP contribution in [0.2, 0.25) is 0 Å². The first-order valence-corrected chi connectivity index (χ1v) is 6.61. The molecule has 90 valence electrons. The van der Waals surface area contributed by atoms with Crippen molar-refractivity contribution in [2.45, 2.75) is 33.7 Å². The van der Waals surface area contributed by atoms with Crippen molar-refractivity contribution in [3.63, 3.8) is 0 Å². The van der Waals surface area contributed by atoms with Gasteiger partial charge >= 0.3 is 0 Å². The third-order valence-corrected chi connectivity index (χ3v) is 3.19. The van der Waals surface area contributed by atoms with Crippen LogP contribution in [0.1, 0.15) is 25.2 Å². The normalized spacial score (nSPS) is 10.9. The van der Waals surface area contributed by atoms with E-state index in [4.69, 9.17) is 0 Å². The Balaban J connectivity index is 2.30. The predicted molar refractivity (Wildman–Crippen MR) is 73.6 cm³/mol. The number of rotatable bonds is 3. The van der Waals surface area contributed by atoms with Crippen molar-refractivity contribution in [3.8, 4) is 11.3 Å². The van der Waals surface area contributed by atoms with E-state index in [-0.39, 0.29) is 0 Å². The Hall–Kier alpha value is -1.42. The molecule has 0 aliphatic rings. The van der Waals surface area contributed by atoms with E-state index < -0.39 is 0 Å². The van der Waals surface area contributed by atoms with E-state index in [9.17, 15) is 0 Å². The number of pyridine rings is 1. The summed E-state index contributed by atoms with van der Waals surface area (Å²) >= 11 is 1.64. The summed E-state index contributed by atoms with van der Waals surface area (Å²) in [5.74, 6) is 0. The molecule has 2 aromatic rings. The summed E-state index contributed by atoms with van der Waals surface area (Å²) in [6.07, 6.45) is 0. The molecule has 0 aliphatic heterocycles. The van der Waals surface area contributed by atoms with Gasteiger partial charge in [-0.05, 0) is 39.8 Å². The lowest BCUT2D eigenvalue weighted by Crippen LogP contribution is -2.09. The van der Waals surface area contributed by atoms with Gasteiger partial charge in [0.05, 0.1) is 5.69 Å². The topological polar surface area (TPSA) is 37.8 Å². The molecule has 0 bridgehead atoms. The maximum Gasteiger partial charge on any atom is 0.183 e. The SMILES string of the molecule is Cc1ccc(-c2csc(NC(C)C)n2)c(C)n1. The number of aryl methyl sites for hydroxylation is 2. The number of anilines is 1. The molecule has 17 heavy (non-hydrogen) atoms. The van der Waals surface area contributed by atoms with Crippen LogP contribution in [-0.4, -0.2) is 16.0 Å². The van der Waals surface area contributed by atoms with E-state index in [1.165, 1.54) is 0 Å². The molecule has 0 spiro atoms. The number of hydrogen-bond acceptors (Lipinski definition) is 4. The maximum atomic E-state index is 4.58. The molecule has 4 heteroatoms. The van der Waals surface area contributed by atoms with E-state index in [0.717, 1.165) is 27.8 Å². The minimum absolute atomic E-state index is 0.409. The monoisotopic (exact) mass is 247 g/mol. The summed E-state index contributed by atoms with van der Waals surface area (Å²) in [5, 5.41) is 6.35. The Morgan fingerprint density at radius 2 is 1.94 bits per heavy atom. The third-order valence-electron chi connectivity index (χ3n) is 2.42. The molecule has 2 heterocycles. The zero-order valence-electron chi connectivity index (χ0n) is 10.6. The number of aromatic nitrogens is 2. The Morgan fingerprint density at radius 3 is 2.59 bits per heavy atom. The lowest BCUT2D eigenvalue weighted by Gasteiger charge is -2.05.